The molecule has 2 N–H and O–H groups in total. The van der Waals surface area contributed by atoms with E-state index in [2.05, 4.69) is 0 Å². The van der Waals surface area contributed by atoms with Crippen molar-refractivity contribution in [2.45, 2.75) is 5.54 Å². The molecule has 0 aromatic carbocycles. The van der Waals surface area contributed by atoms with Gasteiger partial charge in [0.15, 0.2) is 0 Å². The van der Waals surface area contributed by atoms with Crippen LogP contribution in [-0.4, -0.2) is 11.8 Å². The standard InChI is InChI=1S/C6H7NO/c7-6(5-8)3-1-2-4-6/h1-5H,7H2. The molecule has 0 saturated heterocycles. The molecule has 1 rings (SSSR count). The molecule has 0 unspecified atom stereocenters. The van der Waals surface area contributed by atoms with Crippen molar-refractivity contribution in [2.75, 3.05) is 0 Å². The highest BCUT2D eigenvalue weighted by molar-refractivity contribution is 5.73. The monoisotopic (exact) mass is 109 g/mol. The molecule has 0 fully saturated rings. The molecule has 0 aromatic heterocycles. The molecule has 0 bridgehead atoms. The van der Waals surface area contributed by atoms with Gasteiger partial charge in [0.1, 0.15) is 11.8 Å². The predicted molar refractivity (Wildman–Crippen MR) is 31.3 cm³/mol. The maximum atomic E-state index is 10.1. The summed E-state index contributed by atoms with van der Waals surface area (Å²) in [5, 5.41) is 0. The maximum absolute atomic E-state index is 10.1. The van der Waals surface area contributed by atoms with E-state index >= 15 is 0 Å². The second-order valence-electron chi connectivity index (χ2n) is 1.84. The molecule has 0 radical (unpaired) electrons. The highest BCUT2D eigenvalue weighted by Gasteiger charge is 2.17. The average Bonchev–Trinajstić information content (AvgIpc) is 2.17. The lowest BCUT2D eigenvalue weighted by Gasteiger charge is -2.06. The fourth-order valence-corrected chi connectivity index (χ4v) is 0.579. The van der Waals surface area contributed by atoms with Gasteiger partial charge in [0.05, 0.1) is 0 Å². The third-order valence-electron chi connectivity index (χ3n) is 1.09. The molecule has 0 spiro atoms. The fraction of sp³-hybridized carbons (Fsp3) is 0.167. The maximum Gasteiger partial charge on any atom is 0.147 e. The fourth-order valence-electron chi connectivity index (χ4n) is 0.579. The van der Waals surface area contributed by atoms with E-state index in [1.807, 2.05) is 0 Å². The SMILES string of the molecule is NC1(C=O)C=CC=C1. The van der Waals surface area contributed by atoms with Crippen molar-refractivity contribution in [2.24, 2.45) is 5.73 Å². The summed E-state index contributed by atoms with van der Waals surface area (Å²) in [5.41, 5.74) is 4.61. The van der Waals surface area contributed by atoms with Gasteiger partial charge < -0.3 is 10.5 Å². The molecule has 0 amide bonds. The second-order valence-corrected chi connectivity index (χ2v) is 1.84. The number of hydrogen-bond donors (Lipinski definition) is 1. The number of rotatable bonds is 1. The van der Waals surface area contributed by atoms with Gasteiger partial charge in [0.25, 0.3) is 0 Å². The summed E-state index contributed by atoms with van der Waals surface area (Å²) < 4.78 is 0. The van der Waals surface area contributed by atoms with Crippen LogP contribution in [0.2, 0.25) is 0 Å². The highest BCUT2D eigenvalue weighted by atomic mass is 16.1. The number of carbonyl (C=O) groups excluding carboxylic acids is 1. The summed E-state index contributed by atoms with van der Waals surface area (Å²) in [6.45, 7) is 0. The first kappa shape index (κ1) is 5.25. The molecule has 1 aliphatic carbocycles. The molecule has 1 aliphatic rings. The third-order valence-corrected chi connectivity index (χ3v) is 1.09. The van der Waals surface area contributed by atoms with Crippen LogP contribution in [0.3, 0.4) is 0 Å². The van der Waals surface area contributed by atoms with E-state index in [1.165, 1.54) is 0 Å². The smallest absolute Gasteiger partial charge is 0.147 e. The lowest BCUT2D eigenvalue weighted by Crippen LogP contribution is -2.35. The lowest BCUT2D eigenvalue weighted by atomic mass is 10.1. The first-order chi connectivity index (χ1) is 3.77. The zero-order valence-corrected chi connectivity index (χ0v) is 4.37. The zero-order valence-electron chi connectivity index (χ0n) is 4.37. The van der Waals surface area contributed by atoms with Crippen LogP contribution in [0.5, 0.6) is 0 Å². The summed E-state index contributed by atoms with van der Waals surface area (Å²) in [6.07, 6.45) is 7.54. The minimum absolute atomic E-state index is 0.715. The molecule has 0 aliphatic heterocycles. The van der Waals surface area contributed by atoms with E-state index in [0.29, 0.717) is 6.29 Å². The Morgan fingerprint density at radius 3 is 2.12 bits per heavy atom. The Hall–Kier alpha value is -0.890. The Bertz CT molecular complexity index is 146. The molecule has 0 aromatic rings. The summed E-state index contributed by atoms with van der Waals surface area (Å²) in [7, 11) is 0. The summed E-state index contributed by atoms with van der Waals surface area (Å²) in [5.74, 6) is 0. The van der Waals surface area contributed by atoms with Gasteiger partial charge in [0, 0.05) is 0 Å². The van der Waals surface area contributed by atoms with Crippen molar-refractivity contribution in [3.05, 3.63) is 24.3 Å². The molecule has 8 heavy (non-hydrogen) atoms. The molecule has 0 atom stereocenters. The van der Waals surface area contributed by atoms with Gasteiger partial charge in [-0.3, -0.25) is 0 Å². The van der Waals surface area contributed by atoms with Crippen molar-refractivity contribution < 1.29 is 4.79 Å². The van der Waals surface area contributed by atoms with Gasteiger partial charge in [0.2, 0.25) is 0 Å². The Balaban J connectivity index is 2.83. The van der Waals surface area contributed by atoms with Crippen molar-refractivity contribution in [3.63, 3.8) is 0 Å². The van der Waals surface area contributed by atoms with E-state index in [4.69, 9.17) is 5.73 Å². The van der Waals surface area contributed by atoms with Crippen LogP contribution >= 0.6 is 0 Å². The number of carbonyl (C=O) groups is 1. The van der Waals surface area contributed by atoms with E-state index in [9.17, 15) is 4.79 Å². The van der Waals surface area contributed by atoms with Gasteiger partial charge in [-0.1, -0.05) is 24.3 Å². The largest absolute Gasteiger partial charge is 0.313 e. The Labute approximate surface area is 47.7 Å². The normalized spacial score (nSPS) is 21.6. The molecule has 2 nitrogen and oxygen atoms in total. The molecule has 0 heterocycles. The van der Waals surface area contributed by atoms with E-state index in [0.717, 1.165) is 0 Å². The average molecular weight is 109 g/mol. The topological polar surface area (TPSA) is 43.1 Å². The Kier molecular flexibility index (Phi) is 1.02. The third kappa shape index (κ3) is 0.699. The van der Waals surface area contributed by atoms with Gasteiger partial charge in [-0.2, -0.15) is 0 Å². The van der Waals surface area contributed by atoms with Crippen LogP contribution in [-0.2, 0) is 4.79 Å². The molecule has 0 saturated carbocycles. The number of hydrogen-bond acceptors (Lipinski definition) is 2. The highest BCUT2D eigenvalue weighted by Crippen LogP contribution is 2.07. The van der Waals surface area contributed by atoms with Crippen LogP contribution < -0.4 is 5.73 Å². The number of aldehydes is 1. The van der Waals surface area contributed by atoms with Crippen molar-refractivity contribution in [3.8, 4) is 0 Å². The summed E-state index contributed by atoms with van der Waals surface area (Å²) in [6, 6.07) is 0. The molecule has 42 valence electrons. The van der Waals surface area contributed by atoms with Crippen LogP contribution in [0, 0.1) is 0 Å². The Morgan fingerprint density at radius 1 is 1.38 bits per heavy atom. The quantitative estimate of drug-likeness (QED) is 0.482. The van der Waals surface area contributed by atoms with Crippen LogP contribution in [0.1, 0.15) is 0 Å². The molecular formula is C6H7NO. The molecule has 2 heteroatoms. The van der Waals surface area contributed by atoms with E-state index < -0.39 is 5.54 Å². The van der Waals surface area contributed by atoms with Crippen LogP contribution in [0.4, 0.5) is 0 Å². The van der Waals surface area contributed by atoms with Gasteiger partial charge >= 0.3 is 0 Å². The van der Waals surface area contributed by atoms with Crippen molar-refractivity contribution >= 4 is 6.29 Å². The van der Waals surface area contributed by atoms with E-state index in [1.54, 1.807) is 24.3 Å². The van der Waals surface area contributed by atoms with Crippen molar-refractivity contribution in [1.82, 2.24) is 0 Å². The van der Waals surface area contributed by atoms with E-state index in [-0.39, 0.29) is 0 Å². The Morgan fingerprint density at radius 2 is 1.88 bits per heavy atom. The summed E-state index contributed by atoms with van der Waals surface area (Å²) >= 11 is 0. The first-order valence-electron chi connectivity index (χ1n) is 2.39. The summed E-state index contributed by atoms with van der Waals surface area (Å²) in [4.78, 5) is 10.1. The van der Waals surface area contributed by atoms with Gasteiger partial charge in [-0.25, -0.2) is 0 Å². The van der Waals surface area contributed by atoms with Crippen LogP contribution in [0.15, 0.2) is 24.3 Å². The zero-order chi connectivity index (χ0) is 6.04. The number of nitrogens with two attached hydrogens (primary N) is 1. The number of allylic oxidation sites excluding steroid dienone is 2. The van der Waals surface area contributed by atoms with Crippen LogP contribution in [0.25, 0.3) is 0 Å². The first-order valence-corrected chi connectivity index (χ1v) is 2.39. The van der Waals surface area contributed by atoms with Gasteiger partial charge in [-0.15, -0.1) is 0 Å². The lowest BCUT2D eigenvalue weighted by molar-refractivity contribution is -0.109. The molecular weight excluding hydrogens is 102 g/mol. The predicted octanol–water partition coefficient (Wildman–Crippen LogP) is 0.00880. The van der Waals surface area contributed by atoms with Gasteiger partial charge in [-0.05, 0) is 0 Å². The minimum Gasteiger partial charge on any atom is -0.313 e. The second kappa shape index (κ2) is 1.56. The minimum atomic E-state index is -0.806. The van der Waals surface area contributed by atoms with Crippen molar-refractivity contribution in [1.29, 1.82) is 0 Å².